The number of aliphatic hydroxyl groups is 1. The third-order valence-electron chi connectivity index (χ3n) is 4.84. The summed E-state index contributed by atoms with van der Waals surface area (Å²) in [7, 11) is 0. The lowest BCUT2D eigenvalue weighted by molar-refractivity contribution is -0.192. The number of carbonyl (C=O) groups is 1. The van der Waals surface area contributed by atoms with Crippen LogP contribution in [0.1, 0.15) is 18.1 Å². The minimum atomic E-state index is -1.14. The average Bonchev–Trinajstić information content (AvgIpc) is 2.76. The molecule has 9 heteroatoms. The number of aryl methyl sites for hydroxylation is 1. The van der Waals surface area contributed by atoms with Crippen molar-refractivity contribution >= 4 is 17.7 Å². The molecule has 164 valence electrons. The summed E-state index contributed by atoms with van der Waals surface area (Å²) < 4.78 is 17.1. The molecule has 5 atom stereocenters. The average molecular weight is 444 g/mol. The van der Waals surface area contributed by atoms with Crippen LogP contribution >= 0.6 is 11.8 Å². The molecule has 1 aliphatic heterocycles. The molecule has 2 aromatic carbocycles. The zero-order valence-electron chi connectivity index (χ0n) is 17.3. The SMILES string of the molecule is CC(=O)OC[C@H]1O[C@@H](Sc2ccc(C)cc2)[C@H](N=[N+]=[N-])[C@@H](OCc2ccccc2)[C@@H]1O. The van der Waals surface area contributed by atoms with E-state index in [1.807, 2.05) is 61.5 Å². The van der Waals surface area contributed by atoms with Gasteiger partial charge in [0.25, 0.3) is 0 Å². The van der Waals surface area contributed by atoms with Gasteiger partial charge in [-0.3, -0.25) is 4.79 Å². The number of ether oxygens (including phenoxy) is 3. The number of carbonyl (C=O) groups excluding carboxylic acids is 1. The van der Waals surface area contributed by atoms with Crippen LogP contribution in [0.25, 0.3) is 10.4 Å². The summed E-state index contributed by atoms with van der Waals surface area (Å²) in [6.07, 6.45) is -2.81. The molecule has 0 aliphatic carbocycles. The Morgan fingerprint density at radius 3 is 2.58 bits per heavy atom. The van der Waals surface area contributed by atoms with Gasteiger partial charge in [-0.1, -0.05) is 64.9 Å². The van der Waals surface area contributed by atoms with Crippen LogP contribution < -0.4 is 0 Å². The second-order valence-corrected chi connectivity index (χ2v) is 8.40. The molecule has 1 heterocycles. The van der Waals surface area contributed by atoms with Gasteiger partial charge in [0.15, 0.2) is 0 Å². The quantitative estimate of drug-likeness (QED) is 0.285. The molecular weight excluding hydrogens is 418 g/mol. The van der Waals surface area contributed by atoms with Crippen molar-refractivity contribution in [3.8, 4) is 0 Å². The Balaban J connectivity index is 1.84. The number of hydrogen-bond acceptors (Lipinski definition) is 7. The van der Waals surface area contributed by atoms with Gasteiger partial charge in [-0.2, -0.15) is 0 Å². The van der Waals surface area contributed by atoms with E-state index in [0.29, 0.717) is 0 Å². The number of esters is 1. The Morgan fingerprint density at radius 2 is 1.94 bits per heavy atom. The summed E-state index contributed by atoms with van der Waals surface area (Å²) in [4.78, 5) is 15.2. The normalized spacial score (nSPS) is 25.5. The molecule has 0 amide bonds. The van der Waals surface area contributed by atoms with Crippen LogP contribution in [-0.4, -0.2) is 47.5 Å². The van der Waals surface area contributed by atoms with Crippen LogP contribution in [0.15, 0.2) is 64.6 Å². The van der Waals surface area contributed by atoms with Crippen LogP contribution in [-0.2, 0) is 25.6 Å². The zero-order valence-corrected chi connectivity index (χ0v) is 18.1. The molecule has 31 heavy (non-hydrogen) atoms. The second-order valence-electron chi connectivity index (χ2n) is 7.22. The van der Waals surface area contributed by atoms with E-state index >= 15 is 0 Å². The van der Waals surface area contributed by atoms with Crippen LogP contribution in [0.3, 0.4) is 0 Å². The van der Waals surface area contributed by atoms with Crippen LogP contribution in [0.4, 0.5) is 0 Å². The summed E-state index contributed by atoms with van der Waals surface area (Å²) >= 11 is 1.37. The molecule has 3 rings (SSSR count). The number of thioether (sulfide) groups is 1. The number of benzene rings is 2. The van der Waals surface area contributed by atoms with Crippen molar-refractivity contribution in [1.29, 1.82) is 0 Å². The molecule has 1 saturated heterocycles. The van der Waals surface area contributed by atoms with E-state index in [0.717, 1.165) is 16.0 Å². The van der Waals surface area contributed by atoms with E-state index in [-0.39, 0.29) is 13.2 Å². The Hall–Kier alpha value is -2.55. The largest absolute Gasteiger partial charge is 0.463 e. The maximum absolute atomic E-state index is 11.3. The lowest BCUT2D eigenvalue weighted by Crippen LogP contribution is -2.58. The Kier molecular flexibility index (Phi) is 8.34. The highest BCUT2D eigenvalue weighted by atomic mass is 32.2. The Labute approximate surface area is 185 Å². The van der Waals surface area contributed by atoms with Crippen molar-refractivity contribution in [2.75, 3.05) is 6.61 Å². The molecule has 0 spiro atoms. The van der Waals surface area contributed by atoms with Gasteiger partial charge in [0, 0.05) is 16.7 Å². The fourth-order valence-corrected chi connectivity index (χ4v) is 4.34. The molecule has 2 aromatic rings. The second kappa shape index (κ2) is 11.2. The molecule has 0 saturated carbocycles. The number of azide groups is 1. The first-order chi connectivity index (χ1) is 15.0. The third kappa shape index (κ3) is 6.46. The molecular formula is C22H25N3O5S. The first kappa shape index (κ1) is 23.1. The monoisotopic (exact) mass is 443 g/mol. The molecule has 8 nitrogen and oxygen atoms in total. The molecule has 0 radical (unpaired) electrons. The first-order valence-electron chi connectivity index (χ1n) is 9.88. The highest BCUT2D eigenvalue weighted by Gasteiger charge is 2.46. The van der Waals surface area contributed by atoms with Gasteiger partial charge >= 0.3 is 5.97 Å². The van der Waals surface area contributed by atoms with Crippen LogP contribution in [0.2, 0.25) is 0 Å². The molecule has 0 aromatic heterocycles. The number of nitrogens with zero attached hydrogens (tertiary/aromatic N) is 3. The minimum absolute atomic E-state index is 0.129. The summed E-state index contributed by atoms with van der Waals surface area (Å²) in [5.74, 6) is -0.475. The molecule has 0 bridgehead atoms. The predicted octanol–water partition coefficient (Wildman–Crippen LogP) is 4.00. The minimum Gasteiger partial charge on any atom is -0.463 e. The predicted molar refractivity (Wildman–Crippen MR) is 116 cm³/mol. The maximum Gasteiger partial charge on any atom is 0.302 e. The lowest BCUT2D eigenvalue weighted by Gasteiger charge is -2.42. The van der Waals surface area contributed by atoms with E-state index in [1.54, 1.807) is 0 Å². The fraction of sp³-hybridized carbons (Fsp3) is 0.409. The maximum atomic E-state index is 11.3. The Morgan fingerprint density at radius 1 is 1.23 bits per heavy atom. The van der Waals surface area contributed by atoms with Gasteiger partial charge in [-0.25, -0.2) is 0 Å². The van der Waals surface area contributed by atoms with Crippen molar-refractivity contribution in [2.45, 2.75) is 55.1 Å². The van der Waals surface area contributed by atoms with Gasteiger partial charge in [-0.05, 0) is 30.2 Å². The van der Waals surface area contributed by atoms with E-state index in [2.05, 4.69) is 10.0 Å². The van der Waals surface area contributed by atoms with Crippen molar-refractivity contribution in [3.05, 3.63) is 76.2 Å². The number of rotatable bonds is 8. The lowest BCUT2D eigenvalue weighted by atomic mass is 9.98. The zero-order chi connectivity index (χ0) is 22.2. The summed E-state index contributed by atoms with van der Waals surface area (Å²) in [5, 5.41) is 14.8. The molecule has 1 fully saturated rings. The molecule has 0 unspecified atom stereocenters. The van der Waals surface area contributed by atoms with Gasteiger partial charge in [0.2, 0.25) is 0 Å². The van der Waals surface area contributed by atoms with E-state index < -0.39 is 35.8 Å². The fourth-order valence-electron chi connectivity index (χ4n) is 3.23. The first-order valence-corrected chi connectivity index (χ1v) is 10.8. The topological polar surface area (TPSA) is 114 Å². The molecule has 1 aliphatic rings. The van der Waals surface area contributed by atoms with E-state index in [1.165, 1.54) is 18.7 Å². The van der Waals surface area contributed by atoms with E-state index in [4.69, 9.17) is 19.7 Å². The summed E-state index contributed by atoms with van der Waals surface area (Å²) in [6, 6.07) is 16.6. The Bertz CT molecular complexity index is 905. The number of aliphatic hydroxyl groups excluding tert-OH is 1. The van der Waals surface area contributed by atoms with Crippen LogP contribution in [0, 0.1) is 6.92 Å². The standard InChI is InChI=1S/C22H25N3O5S/c1-14-8-10-17(11-9-14)31-22-19(24-25-23)21(29-12-16-6-4-3-5-7-16)20(27)18(30-22)13-28-15(2)26/h3-11,18-22,27H,12-13H2,1-2H3/t18-,19-,20-,21-,22+/m1/s1. The summed E-state index contributed by atoms with van der Waals surface area (Å²) in [5.41, 5.74) is 10.6. The van der Waals surface area contributed by atoms with Crippen molar-refractivity contribution in [3.63, 3.8) is 0 Å². The highest BCUT2D eigenvalue weighted by Crippen LogP contribution is 2.36. The smallest absolute Gasteiger partial charge is 0.302 e. The van der Waals surface area contributed by atoms with Crippen LogP contribution in [0.5, 0.6) is 0 Å². The van der Waals surface area contributed by atoms with Gasteiger partial charge in [0.1, 0.15) is 30.3 Å². The van der Waals surface area contributed by atoms with Gasteiger partial charge in [-0.15, -0.1) is 0 Å². The summed E-state index contributed by atoms with van der Waals surface area (Å²) in [6.45, 7) is 3.38. The number of hydrogen-bond donors (Lipinski definition) is 1. The van der Waals surface area contributed by atoms with Crippen molar-refractivity contribution in [1.82, 2.24) is 0 Å². The van der Waals surface area contributed by atoms with Crippen molar-refractivity contribution < 1.29 is 24.1 Å². The van der Waals surface area contributed by atoms with E-state index in [9.17, 15) is 9.90 Å². The third-order valence-corrected chi connectivity index (χ3v) is 6.00. The molecule has 1 N–H and O–H groups in total. The highest BCUT2D eigenvalue weighted by molar-refractivity contribution is 7.99. The van der Waals surface area contributed by atoms with Gasteiger partial charge < -0.3 is 19.3 Å². The van der Waals surface area contributed by atoms with Gasteiger partial charge in [0.05, 0.1) is 12.7 Å². The van der Waals surface area contributed by atoms with Crippen molar-refractivity contribution in [2.24, 2.45) is 5.11 Å².